The maximum Gasteiger partial charge on any atom is 0.311 e. The molecule has 0 saturated heterocycles. The first-order chi connectivity index (χ1) is 15.5. The number of aryl methyl sites for hydroxylation is 1. The smallest absolute Gasteiger partial charge is 0.311 e. The van der Waals surface area contributed by atoms with Crippen LogP contribution >= 0.6 is 0 Å². The number of aromatic nitrogens is 2. The highest BCUT2D eigenvalue weighted by Gasteiger charge is 2.17. The van der Waals surface area contributed by atoms with Crippen LogP contribution in [0.3, 0.4) is 0 Å². The van der Waals surface area contributed by atoms with Crippen molar-refractivity contribution >= 4 is 17.3 Å². The number of nitro groups is 1. The summed E-state index contributed by atoms with van der Waals surface area (Å²) < 4.78 is 12.9. The Labute approximate surface area is 183 Å². The van der Waals surface area contributed by atoms with Gasteiger partial charge in [0, 0.05) is 24.1 Å². The number of benzene rings is 2. The monoisotopic (exact) mass is 432 g/mol. The number of nitro benzene ring substituents is 1. The number of nitrogens with one attached hydrogen (secondary N) is 1. The summed E-state index contributed by atoms with van der Waals surface area (Å²) in [5.41, 5.74) is 2.32. The molecule has 32 heavy (non-hydrogen) atoms. The second-order valence-electron chi connectivity index (χ2n) is 7.14. The number of furan rings is 1. The lowest BCUT2D eigenvalue weighted by Gasteiger charge is -2.07. The molecule has 2 heterocycles. The van der Waals surface area contributed by atoms with Crippen LogP contribution in [0.1, 0.15) is 27.4 Å². The molecule has 0 radical (unpaired) electrons. The summed E-state index contributed by atoms with van der Waals surface area (Å²) in [7, 11) is 0. The van der Waals surface area contributed by atoms with Crippen molar-refractivity contribution in [2.45, 2.75) is 20.1 Å². The molecular weight excluding hydrogens is 412 g/mol. The predicted molar refractivity (Wildman–Crippen MR) is 117 cm³/mol. The Bertz CT molecular complexity index is 1230. The van der Waals surface area contributed by atoms with Crippen molar-refractivity contribution in [1.29, 1.82) is 0 Å². The highest BCUT2D eigenvalue weighted by atomic mass is 16.6. The number of amides is 1. The fraction of sp³-hybridized carbons (Fsp3) is 0.130. The summed E-state index contributed by atoms with van der Waals surface area (Å²) in [6, 6.07) is 17.1. The first-order valence-electron chi connectivity index (χ1n) is 9.82. The Morgan fingerprint density at radius 3 is 2.72 bits per heavy atom. The van der Waals surface area contributed by atoms with E-state index in [0.717, 1.165) is 11.1 Å². The summed E-state index contributed by atoms with van der Waals surface area (Å²) in [6.45, 7) is 2.36. The third-order valence-corrected chi connectivity index (χ3v) is 4.68. The molecule has 1 amide bonds. The largest absolute Gasteiger partial charge is 0.479 e. The summed E-state index contributed by atoms with van der Waals surface area (Å²) in [5, 5.41) is 18.1. The molecule has 0 aliphatic heterocycles. The van der Waals surface area contributed by atoms with E-state index in [9.17, 15) is 14.9 Å². The van der Waals surface area contributed by atoms with E-state index in [1.54, 1.807) is 43.5 Å². The van der Waals surface area contributed by atoms with Crippen LogP contribution in [0.15, 0.2) is 77.5 Å². The molecule has 4 aromatic rings. The number of carbonyl (C=O) groups is 1. The van der Waals surface area contributed by atoms with Gasteiger partial charge in [0.25, 0.3) is 5.91 Å². The Balaban J connectivity index is 1.35. The molecule has 1 N–H and O–H groups in total. The van der Waals surface area contributed by atoms with Crippen molar-refractivity contribution in [3.8, 4) is 5.75 Å². The zero-order chi connectivity index (χ0) is 22.5. The molecule has 2 aromatic carbocycles. The van der Waals surface area contributed by atoms with Gasteiger partial charge in [0.1, 0.15) is 12.4 Å². The lowest BCUT2D eigenvalue weighted by Crippen LogP contribution is -2.11. The van der Waals surface area contributed by atoms with Crippen LogP contribution in [0.2, 0.25) is 0 Å². The quantitative estimate of drug-likeness (QED) is 0.322. The SMILES string of the molecule is Cc1ccc(OCc2ccc(C(=O)Nc3ccc(Cn4cccn4)cc3)o2)c([N+](=O)[O-])c1. The van der Waals surface area contributed by atoms with Crippen LogP contribution in [0.4, 0.5) is 11.4 Å². The van der Waals surface area contributed by atoms with E-state index in [1.807, 2.05) is 29.1 Å². The minimum atomic E-state index is -0.496. The fourth-order valence-corrected chi connectivity index (χ4v) is 3.09. The van der Waals surface area contributed by atoms with Crippen LogP contribution in [0, 0.1) is 17.0 Å². The summed E-state index contributed by atoms with van der Waals surface area (Å²) in [6.07, 6.45) is 3.60. The van der Waals surface area contributed by atoms with Gasteiger partial charge in [-0.2, -0.15) is 5.10 Å². The molecule has 0 aliphatic carbocycles. The van der Waals surface area contributed by atoms with Crippen LogP contribution in [-0.2, 0) is 13.2 Å². The minimum absolute atomic E-state index is 0.0424. The van der Waals surface area contributed by atoms with Crippen LogP contribution in [0.25, 0.3) is 0 Å². The first-order valence-corrected chi connectivity index (χ1v) is 9.82. The average molecular weight is 432 g/mol. The molecule has 162 valence electrons. The molecule has 0 saturated carbocycles. The normalized spacial score (nSPS) is 10.7. The summed E-state index contributed by atoms with van der Waals surface area (Å²) in [4.78, 5) is 23.2. The Hall–Kier alpha value is -4.40. The number of ether oxygens (including phenoxy) is 1. The molecule has 0 fully saturated rings. The predicted octanol–water partition coefficient (Wildman–Crippen LogP) is 4.57. The van der Waals surface area contributed by atoms with Gasteiger partial charge in [-0.1, -0.05) is 18.2 Å². The van der Waals surface area contributed by atoms with E-state index >= 15 is 0 Å². The van der Waals surface area contributed by atoms with Crippen LogP contribution in [0.5, 0.6) is 5.75 Å². The third-order valence-electron chi connectivity index (χ3n) is 4.68. The summed E-state index contributed by atoms with van der Waals surface area (Å²) in [5.74, 6) is 0.220. The van der Waals surface area contributed by atoms with Gasteiger partial charge in [-0.05, 0) is 54.4 Å². The van der Waals surface area contributed by atoms with E-state index in [-0.39, 0.29) is 23.8 Å². The fourth-order valence-electron chi connectivity index (χ4n) is 3.09. The minimum Gasteiger partial charge on any atom is -0.479 e. The highest BCUT2D eigenvalue weighted by Crippen LogP contribution is 2.28. The highest BCUT2D eigenvalue weighted by molar-refractivity contribution is 6.02. The number of hydrogen-bond acceptors (Lipinski definition) is 6. The van der Waals surface area contributed by atoms with Gasteiger partial charge < -0.3 is 14.5 Å². The third kappa shape index (κ3) is 5.01. The lowest BCUT2D eigenvalue weighted by atomic mass is 10.2. The number of carbonyl (C=O) groups excluding carboxylic acids is 1. The Morgan fingerprint density at radius 2 is 2.00 bits per heavy atom. The Kier molecular flexibility index (Phi) is 5.98. The van der Waals surface area contributed by atoms with Crippen LogP contribution in [-0.4, -0.2) is 20.6 Å². The van der Waals surface area contributed by atoms with Crippen molar-refractivity contribution in [1.82, 2.24) is 9.78 Å². The first kappa shape index (κ1) is 20.9. The molecular formula is C23H20N4O5. The molecule has 0 atom stereocenters. The molecule has 9 nitrogen and oxygen atoms in total. The van der Waals surface area contributed by atoms with E-state index in [1.165, 1.54) is 12.1 Å². The van der Waals surface area contributed by atoms with Gasteiger partial charge in [0.15, 0.2) is 11.5 Å². The zero-order valence-electron chi connectivity index (χ0n) is 17.2. The second kappa shape index (κ2) is 9.17. The lowest BCUT2D eigenvalue weighted by molar-refractivity contribution is -0.386. The number of nitrogens with zero attached hydrogens (tertiary/aromatic N) is 3. The van der Waals surface area contributed by atoms with E-state index in [4.69, 9.17) is 9.15 Å². The molecule has 9 heteroatoms. The topological polar surface area (TPSA) is 112 Å². The van der Waals surface area contributed by atoms with Gasteiger partial charge in [0.05, 0.1) is 11.5 Å². The van der Waals surface area contributed by atoms with Crippen LogP contribution < -0.4 is 10.1 Å². The standard InChI is InChI=1S/C23H20N4O5/c1-16-3-9-21(20(13-16)27(29)30)31-15-19-8-10-22(32-19)23(28)25-18-6-4-17(5-7-18)14-26-12-2-11-24-26/h2-13H,14-15H2,1H3,(H,25,28). The zero-order valence-corrected chi connectivity index (χ0v) is 17.2. The maximum atomic E-state index is 12.5. The number of rotatable bonds is 8. The van der Waals surface area contributed by atoms with Crippen molar-refractivity contribution in [2.24, 2.45) is 0 Å². The van der Waals surface area contributed by atoms with Gasteiger partial charge >= 0.3 is 5.69 Å². The molecule has 4 rings (SSSR count). The van der Waals surface area contributed by atoms with Gasteiger partial charge in [-0.25, -0.2) is 0 Å². The van der Waals surface area contributed by atoms with Crippen molar-refractivity contribution in [2.75, 3.05) is 5.32 Å². The molecule has 0 bridgehead atoms. The number of hydrogen-bond donors (Lipinski definition) is 1. The summed E-state index contributed by atoms with van der Waals surface area (Å²) >= 11 is 0. The Morgan fingerprint density at radius 1 is 1.19 bits per heavy atom. The molecule has 0 spiro atoms. The average Bonchev–Trinajstić information content (AvgIpc) is 3.46. The molecule has 2 aromatic heterocycles. The maximum absolute atomic E-state index is 12.5. The van der Waals surface area contributed by atoms with Gasteiger partial charge in [-0.3, -0.25) is 19.6 Å². The van der Waals surface area contributed by atoms with Crippen molar-refractivity contribution < 1.29 is 18.9 Å². The van der Waals surface area contributed by atoms with Crippen molar-refractivity contribution in [3.05, 3.63) is 106 Å². The van der Waals surface area contributed by atoms with E-state index in [0.29, 0.717) is 18.0 Å². The molecule has 0 aliphatic rings. The van der Waals surface area contributed by atoms with Crippen molar-refractivity contribution in [3.63, 3.8) is 0 Å². The molecule has 0 unspecified atom stereocenters. The van der Waals surface area contributed by atoms with E-state index in [2.05, 4.69) is 10.4 Å². The van der Waals surface area contributed by atoms with Gasteiger partial charge in [-0.15, -0.1) is 0 Å². The second-order valence-corrected chi connectivity index (χ2v) is 7.14. The van der Waals surface area contributed by atoms with E-state index < -0.39 is 10.8 Å². The number of anilines is 1. The van der Waals surface area contributed by atoms with Gasteiger partial charge in [0.2, 0.25) is 0 Å².